The summed E-state index contributed by atoms with van der Waals surface area (Å²) in [4.78, 5) is 0. The second-order valence-corrected chi connectivity index (χ2v) is 7.56. The summed E-state index contributed by atoms with van der Waals surface area (Å²) in [5.74, 6) is 2.28. The maximum Gasteiger partial charge on any atom is -0.00884 e. The molecule has 2 unspecified atom stereocenters. The molecule has 0 nitrogen and oxygen atoms in total. The van der Waals surface area contributed by atoms with Gasteiger partial charge in [-0.3, -0.25) is 0 Å². The second-order valence-electron chi connectivity index (χ2n) is 7.56. The summed E-state index contributed by atoms with van der Waals surface area (Å²) in [6, 6.07) is 4.93. The fourth-order valence-electron chi connectivity index (χ4n) is 4.28. The van der Waals surface area contributed by atoms with E-state index in [1.54, 1.807) is 11.1 Å². The molecule has 0 N–H and O–H groups in total. The van der Waals surface area contributed by atoms with Crippen molar-refractivity contribution in [2.75, 3.05) is 0 Å². The minimum Gasteiger partial charge on any atom is -0.0882 e. The Bertz CT molecular complexity index is 484. The van der Waals surface area contributed by atoms with Gasteiger partial charge in [-0.25, -0.2) is 0 Å². The van der Waals surface area contributed by atoms with Crippen molar-refractivity contribution in [2.45, 2.75) is 79.1 Å². The molecular weight excluding hydrogens is 264 g/mol. The van der Waals surface area contributed by atoms with E-state index in [1.807, 2.05) is 0 Å². The number of allylic oxidation sites excluding steroid dienone is 2. The van der Waals surface area contributed by atoms with Crippen LogP contribution in [0.1, 0.15) is 81.0 Å². The van der Waals surface area contributed by atoms with Crippen molar-refractivity contribution >= 4 is 0 Å². The smallest absolute Gasteiger partial charge is 0.00884 e. The van der Waals surface area contributed by atoms with Crippen molar-refractivity contribution < 1.29 is 0 Å². The van der Waals surface area contributed by atoms with Crippen LogP contribution in [-0.4, -0.2) is 0 Å². The Hall–Kier alpha value is -1.04. The van der Waals surface area contributed by atoms with Gasteiger partial charge in [0.2, 0.25) is 0 Å². The quantitative estimate of drug-likeness (QED) is 0.403. The molecule has 0 saturated carbocycles. The molecule has 0 spiro atoms. The van der Waals surface area contributed by atoms with E-state index < -0.39 is 0 Å². The zero-order chi connectivity index (χ0) is 16.1. The van der Waals surface area contributed by atoms with Crippen molar-refractivity contribution in [3.63, 3.8) is 0 Å². The molecule has 0 amide bonds. The van der Waals surface area contributed by atoms with E-state index in [9.17, 15) is 0 Å². The summed E-state index contributed by atoms with van der Waals surface area (Å²) in [5.41, 5.74) is 6.23. The normalized spacial score (nSPS) is 21.5. The van der Waals surface area contributed by atoms with Crippen LogP contribution in [0.5, 0.6) is 0 Å². The average molecular weight is 299 g/mol. The van der Waals surface area contributed by atoms with Gasteiger partial charge in [-0.15, -0.1) is 0 Å². The summed E-state index contributed by atoms with van der Waals surface area (Å²) in [6.07, 6.45) is 12.5. The van der Waals surface area contributed by atoms with Crippen molar-refractivity contribution in [3.8, 4) is 0 Å². The molecule has 122 valence electrons. The molecule has 0 bridgehead atoms. The van der Waals surface area contributed by atoms with E-state index in [0.717, 1.165) is 17.8 Å². The lowest BCUT2D eigenvalue weighted by Gasteiger charge is -2.34. The summed E-state index contributed by atoms with van der Waals surface area (Å²) in [6.45, 7) is 11.7. The average Bonchev–Trinajstić information content (AvgIpc) is 2.47. The zero-order valence-electron chi connectivity index (χ0n) is 15.3. The highest BCUT2D eigenvalue weighted by Gasteiger charge is 2.28. The van der Waals surface area contributed by atoms with Crippen LogP contribution in [0.15, 0.2) is 24.3 Å². The van der Waals surface area contributed by atoms with Crippen LogP contribution in [0.4, 0.5) is 0 Å². The first-order valence-electron chi connectivity index (χ1n) is 9.29. The molecule has 22 heavy (non-hydrogen) atoms. The third-order valence-corrected chi connectivity index (χ3v) is 5.43. The Balaban J connectivity index is 2.25. The molecule has 1 aromatic rings. The first kappa shape index (κ1) is 17.3. The van der Waals surface area contributed by atoms with Crippen LogP contribution in [0.2, 0.25) is 0 Å². The minimum atomic E-state index is 0.717. The predicted octanol–water partition coefficient (Wildman–Crippen LogP) is 6.74. The monoisotopic (exact) mass is 298 g/mol. The van der Waals surface area contributed by atoms with Crippen LogP contribution >= 0.6 is 0 Å². The Morgan fingerprint density at radius 1 is 1.00 bits per heavy atom. The largest absolute Gasteiger partial charge is 0.0882 e. The Morgan fingerprint density at radius 2 is 1.64 bits per heavy atom. The number of hydrogen-bond donors (Lipinski definition) is 0. The van der Waals surface area contributed by atoms with Gasteiger partial charge in [-0.1, -0.05) is 57.9 Å². The van der Waals surface area contributed by atoms with Crippen molar-refractivity contribution in [1.82, 2.24) is 0 Å². The molecule has 2 atom stereocenters. The molecule has 0 heterocycles. The fourth-order valence-corrected chi connectivity index (χ4v) is 4.28. The van der Waals surface area contributed by atoms with Gasteiger partial charge in [0, 0.05) is 0 Å². The first-order chi connectivity index (χ1) is 10.5. The lowest BCUT2D eigenvalue weighted by Crippen LogP contribution is -2.22. The van der Waals surface area contributed by atoms with Gasteiger partial charge >= 0.3 is 0 Å². The molecule has 0 fully saturated rings. The Morgan fingerprint density at radius 3 is 2.23 bits per heavy atom. The number of rotatable bonds is 6. The molecule has 1 aliphatic rings. The molecule has 0 radical (unpaired) electrons. The summed E-state index contributed by atoms with van der Waals surface area (Å²) in [5, 5.41) is 0. The van der Waals surface area contributed by atoms with Crippen molar-refractivity contribution in [2.24, 2.45) is 11.8 Å². The number of hydrogen-bond acceptors (Lipinski definition) is 0. The zero-order valence-corrected chi connectivity index (χ0v) is 15.3. The summed E-state index contributed by atoms with van der Waals surface area (Å²) < 4.78 is 0. The highest BCUT2D eigenvalue weighted by atomic mass is 14.3. The maximum atomic E-state index is 2.47. The molecule has 0 aromatic heterocycles. The maximum absolute atomic E-state index is 2.47. The highest BCUT2D eigenvalue weighted by molar-refractivity contribution is 5.41. The molecule has 2 rings (SSSR count). The van der Waals surface area contributed by atoms with Crippen molar-refractivity contribution in [3.05, 3.63) is 46.5 Å². The molecule has 0 saturated heterocycles. The minimum absolute atomic E-state index is 0.717. The van der Waals surface area contributed by atoms with Gasteiger partial charge in [0.1, 0.15) is 0 Å². The van der Waals surface area contributed by atoms with E-state index in [0.29, 0.717) is 0 Å². The summed E-state index contributed by atoms with van der Waals surface area (Å²) in [7, 11) is 0. The van der Waals surface area contributed by atoms with Crippen LogP contribution in [0.25, 0.3) is 0 Å². The molecule has 0 heteroatoms. The van der Waals surface area contributed by atoms with E-state index in [-0.39, 0.29) is 0 Å². The number of unbranched alkanes of at least 4 members (excludes halogenated alkanes) is 2. The van der Waals surface area contributed by atoms with Gasteiger partial charge in [-0.05, 0) is 79.5 Å². The lowest BCUT2D eigenvalue weighted by molar-refractivity contribution is 0.309. The van der Waals surface area contributed by atoms with Crippen LogP contribution in [-0.2, 0) is 6.42 Å². The Kier molecular flexibility index (Phi) is 6.29. The number of aryl methyl sites for hydroxylation is 3. The second kappa shape index (κ2) is 7.99. The summed E-state index contributed by atoms with van der Waals surface area (Å²) >= 11 is 0. The number of benzene rings is 1. The predicted molar refractivity (Wildman–Crippen MR) is 98.6 cm³/mol. The van der Waals surface area contributed by atoms with Crippen molar-refractivity contribution in [1.29, 1.82) is 0 Å². The Labute approximate surface area is 138 Å². The van der Waals surface area contributed by atoms with Gasteiger partial charge in [-0.2, -0.15) is 0 Å². The third-order valence-electron chi connectivity index (χ3n) is 5.43. The van der Waals surface area contributed by atoms with Crippen LogP contribution < -0.4 is 0 Å². The first-order valence-corrected chi connectivity index (χ1v) is 9.29. The fraction of sp³-hybridized carbons (Fsp3) is 0.636. The third kappa shape index (κ3) is 4.03. The van der Waals surface area contributed by atoms with E-state index in [4.69, 9.17) is 0 Å². The molecular formula is C22H34. The van der Waals surface area contributed by atoms with Gasteiger partial charge in [0.25, 0.3) is 0 Å². The highest BCUT2D eigenvalue weighted by Crippen LogP contribution is 2.41. The molecule has 1 aromatic carbocycles. The lowest BCUT2D eigenvalue weighted by atomic mass is 9.71. The van der Waals surface area contributed by atoms with Gasteiger partial charge in [0.05, 0.1) is 0 Å². The van der Waals surface area contributed by atoms with Gasteiger partial charge < -0.3 is 0 Å². The topological polar surface area (TPSA) is 0 Å². The van der Waals surface area contributed by atoms with Gasteiger partial charge in [0.15, 0.2) is 0 Å². The SMILES string of the molecule is CCCCCc1cc(C)c(C2CC=CCC2C(C)C)c(C)c1. The molecule has 0 aliphatic heterocycles. The molecule has 1 aliphatic carbocycles. The van der Waals surface area contributed by atoms with Crippen LogP contribution in [0.3, 0.4) is 0 Å². The van der Waals surface area contributed by atoms with E-state index in [1.165, 1.54) is 49.7 Å². The standard InChI is InChI=1S/C22H34/c1-6-7-8-11-19-14-17(4)22(18(5)15-19)21-13-10-9-12-20(21)16(2)3/h9-10,14-16,20-21H,6-8,11-13H2,1-5H3. The van der Waals surface area contributed by atoms with E-state index in [2.05, 4.69) is 58.9 Å². The van der Waals surface area contributed by atoms with E-state index >= 15 is 0 Å². The van der Waals surface area contributed by atoms with Crippen LogP contribution in [0, 0.1) is 25.7 Å².